The van der Waals surface area contributed by atoms with Crippen molar-refractivity contribution in [2.75, 3.05) is 13.2 Å². The van der Waals surface area contributed by atoms with E-state index in [1.807, 2.05) is 6.07 Å². The Hall–Kier alpha value is -2.33. The van der Waals surface area contributed by atoms with Crippen LogP contribution >= 0.6 is 11.6 Å². The zero-order valence-electron chi connectivity index (χ0n) is 14.6. The quantitative estimate of drug-likeness (QED) is 0.564. The lowest BCUT2D eigenvalue weighted by Gasteiger charge is -2.09. The third kappa shape index (κ3) is 5.09. The van der Waals surface area contributed by atoms with Crippen LogP contribution in [0.4, 0.5) is 0 Å². The molecule has 5 heteroatoms. The summed E-state index contributed by atoms with van der Waals surface area (Å²) in [6.07, 6.45) is 3.83. The van der Waals surface area contributed by atoms with Gasteiger partial charge >= 0.3 is 0 Å². The molecule has 1 aliphatic rings. The van der Waals surface area contributed by atoms with Crippen molar-refractivity contribution < 1.29 is 14.3 Å². The van der Waals surface area contributed by atoms with Gasteiger partial charge in [-0.05, 0) is 66.8 Å². The van der Waals surface area contributed by atoms with Gasteiger partial charge in [0.25, 0.3) is 0 Å². The standard InChI is InChI=1S/C21H22ClNO3/c22-18-7-4-16(5-8-18)20(24)10-11-21(25)23-12-13-26-19-9-6-15-2-1-3-17(15)14-19/h4-9,14H,1-3,10-13H2,(H,23,25). The van der Waals surface area contributed by atoms with Gasteiger partial charge in [-0.3, -0.25) is 9.59 Å². The van der Waals surface area contributed by atoms with E-state index in [4.69, 9.17) is 16.3 Å². The zero-order valence-corrected chi connectivity index (χ0v) is 15.3. The van der Waals surface area contributed by atoms with Crippen molar-refractivity contribution >= 4 is 23.3 Å². The Bertz CT molecular complexity index is 786. The summed E-state index contributed by atoms with van der Waals surface area (Å²) in [5.74, 6) is 0.633. The van der Waals surface area contributed by atoms with Crippen LogP contribution in [0.15, 0.2) is 42.5 Å². The SMILES string of the molecule is O=C(CCC(=O)c1ccc(Cl)cc1)NCCOc1ccc2c(c1)CCC2. The van der Waals surface area contributed by atoms with Crippen molar-refractivity contribution in [1.82, 2.24) is 5.32 Å². The molecule has 0 heterocycles. The summed E-state index contributed by atoms with van der Waals surface area (Å²) in [4.78, 5) is 23.9. The first-order chi connectivity index (χ1) is 12.6. The molecule has 136 valence electrons. The molecule has 0 aromatic heterocycles. The number of Topliss-reactive ketones (excluding diaryl/α,β-unsaturated/α-hetero) is 1. The third-order valence-corrected chi connectivity index (χ3v) is 4.76. The van der Waals surface area contributed by atoms with Gasteiger partial charge in [0.1, 0.15) is 12.4 Å². The number of benzene rings is 2. The zero-order chi connectivity index (χ0) is 18.4. The maximum Gasteiger partial charge on any atom is 0.220 e. The average molecular weight is 372 g/mol. The van der Waals surface area contributed by atoms with E-state index in [2.05, 4.69) is 17.4 Å². The number of amides is 1. The van der Waals surface area contributed by atoms with Crippen molar-refractivity contribution in [1.29, 1.82) is 0 Å². The molecule has 0 fully saturated rings. The molecule has 0 unspecified atom stereocenters. The van der Waals surface area contributed by atoms with Crippen LogP contribution in [0.25, 0.3) is 0 Å². The van der Waals surface area contributed by atoms with Crippen LogP contribution in [0.2, 0.25) is 5.02 Å². The summed E-state index contributed by atoms with van der Waals surface area (Å²) in [5, 5.41) is 3.37. The van der Waals surface area contributed by atoms with E-state index in [9.17, 15) is 9.59 Å². The van der Waals surface area contributed by atoms with Crippen LogP contribution in [-0.2, 0) is 17.6 Å². The van der Waals surface area contributed by atoms with Gasteiger partial charge in [-0.15, -0.1) is 0 Å². The summed E-state index contributed by atoms with van der Waals surface area (Å²) in [6.45, 7) is 0.834. The van der Waals surface area contributed by atoms with E-state index >= 15 is 0 Å². The largest absolute Gasteiger partial charge is 0.492 e. The first-order valence-corrected chi connectivity index (χ1v) is 9.30. The number of ether oxygens (including phenoxy) is 1. The second-order valence-electron chi connectivity index (χ2n) is 6.41. The molecule has 1 aliphatic carbocycles. The highest BCUT2D eigenvalue weighted by Crippen LogP contribution is 2.25. The molecular formula is C21H22ClNO3. The van der Waals surface area contributed by atoms with Gasteiger partial charge in [0, 0.05) is 23.4 Å². The topological polar surface area (TPSA) is 55.4 Å². The van der Waals surface area contributed by atoms with Crippen LogP contribution in [-0.4, -0.2) is 24.8 Å². The van der Waals surface area contributed by atoms with Crippen LogP contribution in [0.5, 0.6) is 5.75 Å². The number of carbonyl (C=O) groups excluding carboxylic acids is 2. The molecule has 26 heavy (non-hydrogen) atoms. The van der Waals surface area contributed by atoms with Crippen molar-refractivity contribution in [3.63, 3.8) is 0 Å². The molecule has 0 saturated heterocycles. The third-order valence-electron chi connectivity index (χ3n) is 4.51. The fraction of sp³-hybridized carbons (Fsp3) is 0.333. The molecule has 2 aromatic rings. The van der Waals surface area contributed by atoms with Crippen molar-refractivity contribution in [2.45, 2.75) is 32.1 Å². The molecule has 0 radical (unpaired) electrons. The number of aryl methyl sites for hydroxylation is 2. The van der Waals surface area contributed by atoms with Gasteiger partial charge < -0.3 is 10.1 Å². The van der Waals surface area contributed by atoms with Gasteiger partial charge in [0.05, 0.1) is 6.54 Å². The molecule has 0 spiro atoms. The second-order valence-corrected chi connectivity index (χ2v) is 6.85. The van der Waals surface area contributed by atoms with E-state index in [0.29, 0.717) is 23.7 Å². The van der Waals surface area contributed by atoms with E-state index in [1.54, 1.807) is 24.3 Å². The molecular weight excluding hydrogens is 350 g/mol. The number of nitrogens with one attached hydrogen (secondary N) is 1. The van der Waals surface area contributed by atoms with Gasteiger partial charge in [-0.1, -0.05) is 17.7 Å². The van der Waals surface area contributed by atoms with E-state index in [1.165, 1.54) is 17.5 Å². The van der Waals surface area contributed by atoms with E-state index < -0.39 is 0 Å². The highest BCUT2D eigenvalue weighted by atomic mass is 35.5. The monoisotopic (exact) mass is 371 g/mol. The lowest BCUT2D eigenvalue weighted by atomic mass is 10.1. The molecule has 0 atom stereocenters. The molecule has 0 bridgehead atoms. The number of ketones is 1. The Labute approximate surface area is 158 Å². The maximum atomic E-state index is 12.0. The van der Waals surface area contributed by atoms with E-state index in [0.717, 1.165) is 18.6 Å². The second kappa shape index (κ2) is 8.86. The number of fused-ring (bicyclic) bond motifs is 1. The van der Waals surface area contributed by atoms with Crippen LogP contribution in [0.1, 0.15) is 40.7 Å². The summed E-state index contributed by atoms with van der Waals surface area (Å²) < 4.78 is 5.69. The number of hydrogen-bond acceptors (Lipinski definition) is 3. The van der Waals surface area contributed by atoms with Gasteiger partial charge in [0.15, 0.2) is 5.78 Å². The summed E-state index contributed by atoms with van der Waals surface area (Å²) in [7, 11) is 0. The lowest BCUT2D eigenvalue weighted by molar-refractivity contribution is -0.121. The summed E-state index contributed by atoms with van der Waals surface area (Å²) in [6, 6.07) is 12.9. The Morgan fingerprint density at radius 2 is 1.77 bits per heavy atom. The van der Waals surface area contributed by atoms with Gasteiger partial charge in [-0.25, -0.2) is 0 Å². The normalized spacial score (nSPS) is 12.5. The molecule has 4 nitrogen and oxygen atoms in total. The molecule has 1 amide bonds. The summed E-state index contributed by atoms with van der Waals surface area (Å²) >= 11 is 5.80. The van der Waals surface area contributed by atoms with Crippen LogP contribution in [0, 0.1) is 0 Å². The number of hydrogen-bond donors (Lipinski definition) is 1. The number of rotatable bonds is 8. The van der Waals surface area contributed by atoms with Gasteiger partial charge in [-0.2, -0.15) is 0 Å². The van der Waals surface area contributed by atoms with Crippen molar-refractivity contribution in [3.8, 4) is 5.75 Å². The highest BCUT2D eigenvalue weighted by Gasteiger charge is 2.11. The summed E-state index contributed by atoms with van der Waals surface area (Å²) in [5.41, 5.74) is 3.35. The smallest absolute Gasteiger partial charge is 0.220 e. The molecule has 2 aromatic carbocycles. The van der Waals surface area contributed by atoms with Crippen LogP contribution < -0.4 is 10.1 Å². The average Bonchev–Trinajstić information content (AvgIpc) is 3.11. The minimum atomic E-state index is -0.148. The number of halogens is 1. The fourth-order valence-corrected chi connectivity index (χ4v) is 3.22. The maximum absolute atomic E-state index is 12.0. The fourth-order valence-electron chi connectivity index (χ4n) is 3.09. The van der Waals surface area contributed by atoms with Crippen LogP contribution in [0.3, 0.4) is 0 Å². The Morgan fingerprint density at radius 1 is 1.00 bits per heavy atom. The minimum Gasteiger partial charge on any atom is -0.492 e. The molecule has 3 rings (SSSR count). The first kappa shape index (κ1) is 18.5. The molecule has 0 saturated carbocycles. The van der Waals surface area contributed by atoms with E-state index in [-0.39, 0.29) is 24.5 Å². The highest BCUT2D eigenvalue weighted by molar-refractivity contribution is 6.30. The molecule has 0 aliphatic heterocycles. The van der Waals surface area contributed by atoms with Crippen molar-refractivity contribution in [2.24, 2.45) is 0 Å². The Morgan fingerprint density at radius 3 is 2.58 bits per heavy atom. The predicted molar refractivity (Wildman–Crippen MR) is 102 cm³/mol. The Balaban J connectivity index is 1.34. The number of carbonyl (C=O) groups is 2. The van der Waals surface area contributed by atoms with Crippen molar-refractivity contribution in [3.05, 3.63) is 64.2 Å². The Kier molecular flexibility index (Phi) is 6.29. The van der Waals surface area contributed by atoms with Gasteiger partial charge in [0.2, 0.25) is 5.91 Å². The predicted octanol–water partition coefficient (Wildman–Crippen LogP) is 3.99. The minimum absolute atomic E-state index is 0.0637. The lowest BCUT2D eigenvalue weighted by Crippen LogP contribution is -2.28. The molecule has 1 N–H and O–H groups in total. The first-order valence-electron chi connectivity index (χ1n) is 8.92.